The zero-order valence-electron chi connectivity index (χ0n) is 9.28. The minimum Gasteiger partial charge on any atom is -0.359 e. The molecule has 0 aromatic carbocycles. The van der Waals surface area contributed by atoms with Crippen LogP contribution in [0, 0.1) is 17.2 Å². The molecule has 4 heteroatoms. The monoisotopic (exact) mass is 235 g/mol. The van der Waals surface area contributed by atoms with E-state index in [1.54, 1.807) is 12.1 Å². The summed E-state index contributed by atoms with van der Waals surface area (Å²) in [6.07, 6.45) is 3.94. The SMILES string of the molecule is CN(CC1CCC1)c1cc(C#N)cc(Cl)n1. The number of aromatic nitrogens is 1. The summed E-state index contributed by atoms with van der Waals surface area (Å²) >= 11 is 5.87. The van der Waals surface area contributed by atoms with Gasteiger partial charge in [0.05, 0.1) is 11.6 Å². The van der Waals surface area contributed by atoms with E-state index < -0.39 is 0 Å². The van der Waals surface area contributed by atoms with E-state index in [0.717, 1.165) is 18.3 Å². The van der Waals surface area contributed by atoms with Gasteiger partial charge in [0, 0.05) is 13.6 Å². The first-order valence-electron chi connectivity index (χ1n) is 5.48. The zero-order valence-corrected chi connectivity index (χ0v) is 10.0. The van der Waals surface area contributed by atoms with Crippen molar-refractivity contribution in [1.82, 2.24) is 4.98 Å². The Labute approximate surface area is 101 Å². The van der Waals surface area contributed by atoms with E-state index in [4.69, 9.17) is 16.9 Å². The van der Waals surface area contributed by atoms with Gasteiger partial charge in [-0.25, -0.2) is 4.98 Å². The van der Waals surface area contributed by atoms with E-state index in [1.165, 1.54) is 19.3 Å². The standard InChI is InChI=1S/C12H14ClN3/c1-16(8-9-3-2-4-9)12-6-10(7-14)5-11(13)15-12/h5-6,9H,2-4,8H2,1H3. The first-order chi connectivity index (χ1) is 7.69. The van der Waals surface area contributed by atoms with Crippen molar-refractivity contribution in [3.05, 3.63) is 22.8 Å². The Kier molecular flexibility index (Phi) is 3.31. The van der Waals surface area contributed by atoms with Crippen molar-refractivity contribution >= 4 is 17.4 Å². The third kappa shape index (κ3) is 2.45. The van der Waals surface area contributed by atoms with Gasteiger partial charge in [0.1, 0.15) is 11.0 Å². The molecule has 2 rings (SSSR count). The molecule has 0 N–H and O–H groups in total. The minimum absolute atomic E-state index is 0.384. The quantitative estimate of drug-likeness (QED) is 0.757. The van der Waals surface area contributed by atoms with Crippen LogP contribution in [0.1, 0.15) is 24.8 Å². The lowest BCUT2D eigenvalue weighted by atomic mass is 9.85. The third-order valence-electron chi connectivity index (χ3n) is 3.06. The van der Waals surface area contributed by atoms with Gasteiger partial charge in [0.15, 0.2) is 0 Å². The van der Waals surface area contributed by atoms with Crippen molar-refractivity contribution in [1.29, 1.82) is 5.26 Å². The molecule has 0 bridgehead atoms. The molecule has 1 aromatic heterocycles. The predicted molar refractivity (Wildman–Crippen MR) is 64.6 cm³/mol. The first kappa shape index (κ1) is 11.2. The number of anilines is 1. The molecule has 0 atom stereocenters. The maximum absolute atomic E-state index is 8.85. The van der Waals surface area contributed by atoms with Gasteiger partial charge in [-0.2, -0.15) is 5.26 Å². The van der Waals surface area contributed by atoms with Crippen LogP contribution in [0.15, 0.2) is 12.1 Å². The summed E-state index contributed by atoms with van der Waals surface area (Å²) in [5.41, 5.74) is 0.565. The van der Waals surface area contributed by atoms with Crippen molar-refractivity contribution in [3.8, 4) is 6.07 Å². The normalized spacial score (nSPS) is 15.3. The second-order valence-electron chi connectivity index (χ2n) is 4.33. The van der Waals surface area contributed by atoms with E-state index in [-0.39, 0.29) is 0 Å². The van der Waals surface area contributed by atoms with Gasteiger partial charge in [-0.05, 0) is 30.9 Å². The highest BCUT2D eigenvalue weighted by Crippen LogP contribution is 2.28. The molecular weight excluding hydrogens is 222 g/mol. The van der Waals surface area contributed by atoms with Crippen LogP contribution >= 0.6 is 11.6 Å². The Hall–Kier alpha value is -1.27. The molecule has 0 unspecified atom stereocenters. The van der Waals surface area contributed by atoms with Crippen LogP contribution in [-0.2, 0) is 0 Å². The van der Waals surface area contributed by atoms with Gasteiger partial charge in [-0.3, -0.25) is 0 Å². The van der Waals surface area contributed by atoms with Crippen LogP contribution in [0.5, 0.6) is 0 Å². The second-order valence-corrected chi connectivity index (χ2v) is 4.71. The number of hydrogen-bond donors (Lipinski definition) is 0. The van der Waals surface area contributed by atoms with Crippen molar-refractivity contribution < 1.29 is 0 Å². The first-order valence-corrected chi connectivity index (χ1v) is 5.85. The number of nitrogens with zero attached hydrogens (tertiary/aromatic N) is 3. The number of pyridine rings is 1. The second kappa shape index (κ2) is 4.71. The molecule has 84 valence electrons. The largest absolute Gasteiger partial charge is 0.359 e. The fourth-order valence-electron chi connectivity index (χ4n) is 1.90. The van der Waals surface area contributed by atoms with E-state index >= 15 is 0 Å². The summed E-state index contributed by atoms with van der Waals surface area (Å²) in [5.74, 6) is 1.56. The average Bonchev–Trinajstić information content (AvgIpc) is 2.22. The molecule has 0 amide bonds. The molecule has 0 saturated heterocycles. The fourth-order valence-corrected chi connectivity index (χ4v) is 2.10. The Morgan fingerprint density at radius 1 is 1.56 bits per heavy atom. The van der Waals surface area contributed by atoms with Gasteiger partial charge >= 0.3 is 0 Å². The maximum Gasteiger partial charge on any atom is 0.132 e. The van der Waals surface area contributed by atoms with Crippen molar-refractivity contribution in [3.63, 3.8) is 0 Å². The smallest absolute Gasteiger partial charge is 0.132 e. The van der Waals surface area contributed by atoms with E-state index in [9.17, 15) is 0 Å². The molecule has 0 radical (unpaired) electrons. The van der Waals surface area contributed by atoms with Gasteiger partial charge in [0.25, 0.3) is 0 Å². The Bertz CT molecular complexity index is 421. The predicted octanol–water partition coefficient (Wildman–Crippen LogP) is 2.84. The highest BCUT2D eigenvalue weighted by atomic mass is 35.5. The molecular formula is C12H14ClN3. The molecule has 1 heterocycles. The molecule has 0 aliphatic heterocycles. The molecule has 16 heavy (non-hydrogen) atoms. The van der Waals surface area contributed by atoms with Crippen LogP contribution in [0.3, 0.4) is 0 Å². The minimum atomic E-state index is 0.384. The van der Waals surface area contributed by atoms with Gasteiger partial charge in [-0.1, -0.05) is 18.0 Å². The lowest BCUT2D eigenvalue weighted by Crippen LogP contribution is -2.29. The lowest BCUT2D eigenvalue weighted by molar-refractivity contribution is 0.321. The summed E-state index contributed by atoms with van der Waals surface area (Å²) < 4.78 is 0. The highest BCUT2D eigenvalue weighted by molar-refractivity contribution is 6.29. The number of halogens is 1. The molecule has 1 aliphatic rings. The van der Waals surface area contributed by atoms with Crippen LogP contribution in [0.25, 0.3) is 0 Å². The molecule has 3 nitrogen and oxygen atoms in total. The summed E-state index contributed by atoms with van der Waals surface area (Å²) in [4.78, 5) is 6.31. The van der Waals surface area contributed by atoms with Gasteiger partial charge in [0.2, 0.25) is 0 Å². The lowest BCUT2D eigenvalue weighted by Gasteiger charge is -2.30. The van der Waals surface area contributed by atoms with Crippen molar-refractivity contribution in [2.24, 2.45) is 5.92 Å². The van der Waals surface area contributed by atoms with Gasteiger partial charge < -0.3 is 4.90 Å². The van der Waals surface area contributed by atoms with Gasteiger partial charge in [-0.15, -0.1) is 0 Å². The summed E-state index contributed by atoms with van der Waals surface area (Å²) in [6, 6.07) is 5.46. The number of hydrogen-bond acceptors (Lipinski definition) is 3. The third-order valence-corrected chi connectivity index (χ3v) is 3.25. The van der Waals surface area contributed by atoms with Crippen molar-refractivity contribution in [2.45, 2.75) is 19.3 Å². The summed E-state index contributed by atoms with van der Waals surface area (Å²) in [5, 5.41) is 9.24. The molecule has 1 fully saturated rings. The summed E-state index contributed by atoms with van der Waals surface area (Å²) in [6.45, 7) is 0.998. The van der Waals surface area contributed by atoms with Crippen LogP contribution in [-0.4, -0.2) is 18.6 Å². The molecule has 1 aliphatic carbocycles. The zero-order chi connectivity index (χ0) is 11.5. The average molecular weight is 236 g/mol. The van der Waals surface area contributed by atoms with Crippen LogP contribution in [0.2, 0.25) is 5.15 Å². The van der Waals surface area contributed by atoms with E-state index in [1.807, 2.05) is 7.05 Å². The molecule has 1 saturated carbocycles. The number of nitriles is 1. The Morgan fingerprint density at radius 2 is 2.31 bits per heavy atom. The topological polar surface area (TPSA) is 39.9 Å². The van der Waals surface area contributed by atoms with E-state index in [0.29, 0.717) is 10.7 Å². The molecule has 1 aromatic rings. The Morgan fingerprint density at radius 3 is 2.88 bits per heavy atom. The van der Waals surface area contributed by atoms with Crippen molar-refractivity contribution in [2.75, 3.05) is 18.5 Å². The number of rotatable bonds is 3. The Balaban J connectivity index is 2.12. The maximum atomic E-state index is 8.85. The van der Waals surface area contributed by atoms with Crippen LogP contribution in [0.4, 0.5) is 5.82 Å². The summed E-state index contributed by atoms with van der Waals surface area (Å²) in [7, 11) is 2.00. The molecule has 0 spiro atoms. The van der Waals surface area contributed by atoms with E-state index in [2.05, 4.69) is 16.0 Å². The van der Waals surface area contributed by atoms with Crippen LogP contribution < -0.4 is 4.90 Å². The fraction of sp³-hybridized carbons (Fsp3) is 0.500. The highest BCUT2D eigenvalue weighted by Gasteiger charge is 2.19.